The highest BCUT2D eigenvalue weighted by Crippen LogP contribution is 2.21. The number of rotatable bonds is 7. The minimum Gasteiger partial charge on any atom is -0.508 e. The van der Waals surface area contributed by atoms with Crippen molar-refractivity contribution >= 4 is 52.7 Å². The summed E-state index contributed by atoms with van der Waals surface area (Å²) in [5.41, 5.74) is 13.9. The van der Waals surface area contributed by atoms with Gasteiger partial charge in [0.1, 0.15) is 17.9 Å². The zero-order valence-electron chi connectivity index (χ0n) is 18.1. The Kier molecular flexibility index (Phi) is 8.04. The molecule has 0 amide bonds. The van der Waals surface area contributed by atoms with Gasteiger partial charge in [-0.3, -0.25) is 5.43 Å². The molecule has 3 rings (SSSR count). The van der Waals surface area contributed by atoms with E-state index in [0.717, 1.165) is 28.0 Å². The summed E-state index contributed by atoms with van der Waals surface area (Å²) in [6, 6.07) is 21.7. The van der Waals surface area contributed by atoms with Gasteiger partial charge in [0.15, 0.2) is 5.11 Å². The van der Waals surface area contributed by atoms with Crippen LogP contribution in [0.3, 0.4) is 0 Å². The Labute approximate surface area is 198 Å². The maximum Gasteiger partial charge on any atom is 0.191 e. The summed E-state index contributed by atoms with van der Waals surface area (Å²) in [4.78, 5) is 8.33. The Morgan fingerprint density at radius 1 is 1.03 bits per heavy atom. The Balaban J connectivity index is 1.55. The van der Waals surface area contributed by atoms with Crippen LogP contribution >= 0.6 is 12.2 Å². The largest absolute Gasteiger partial charge is 0.508 e. The van der Waals surface area contributed by atoms with Gasteiger partial charge in [0.05, 0.1) is 11.9 Å². The topological polar surface area (TPSA) is 107 Å². The van der Waals surface area contributed by atoms with Crippen molar-refractivity contribution in [2.75, 3.05) is 5.32 Å². The number of hydrazone groups is 1. The number of nitrogens with zero attached hydrogens (tertiary/aromatic N) is 3. The van der Waals surface area contributed by atoms with E-state index < -0.39 is 0 Å². The number of anilines is 1. The normalized spacial score (nSPS) is 11.6. The van der Waals surface area contributed by atoms with E-state index in [2.05, 4.69) is 32.4 Å². The van der Waals surface area contributed by atoms with Crippen LogP contribution in [0.1, 0.15) is 23.6 Å². The molecule has 0 unspecified atom stereocenters. The number of nitrogens with one attached hydrogen (secondary N) is 2. The smallest absolute Gasteiger partial charge is 0.191 e. The molecule has 0 spiro atoms. The highest BCUT2D eigenvalue weighted by Gasteiger charge is 2.03. The molecule has 0 heterocycles. The zero-order valence-corrected chi connectivity index (χ0v) is 18.9. The number of phenols is 1. The molecule has 0 aliphatic carbocycles. The van der Waals surface area contributed by atoms with Gasteiger partial charge in [0.2, 0.25) is 0 Å². The Bertz CT molecular complexity index is 1210. The van der Waals surface area contributed by atoms with Crippen LogP contribution in [0.5, 0.6) is 5.75 Å². The van der Waals surface area contributed by atoms with Crippen molar-refractivity contribution in [2.45, 2.75) is 6.92 Å². The molecule has 0 bridgehead atoms. The first-order valence-electron chi connectivity index (χ1n) is 10.0. The lowest BCUT2D eigenvalue weighted by Crippen LogP contribution is -2.24. The van der Waals surface area contributed by atoms with Gasteiger partial charge in [-0.05, 0) is 60.6 Å². The maximum atomic E-state index is 9.29. The van der Waals surface area contributed by atoms with E-state index in [1.807, 2.05) is 55.5 Å². The summed E-state index contributed by atoms with van der Waals surface area (Å²) >= 11 is 5.31. The molecule has 0 aromatic heterocycles. The lowest BCUT2D eigenvalue weighted by Gasteiger charge is -2.11. The van der Waals surface area contributed by atoms with Crippen LogP contribution in [0.25, 0.3) is 5.57 Å². The minimum absolute atomic E-state index is 0.182. The average molecular weight is 457 g/mol. The Morgan fingerprint density at radius 3 is 2.42 bits per heavy atom. The van der Waals surface area contributed by atoms with Crippen molar-refractivity contribution in [3.8, 4) is 5.75 Å². The molecule has 0 aliphatic rings. The van der Waals surface area contributed by atoms with Crippen molar-refractivity contribution in [3.63, 3.8) is 0 Å². The monoisotopic (exact) mass is 456 g/mol. The molecule has 0 saturated heterocycles. The first-order valence-corrected chi connectivity index (χ1v) is 10.4. The van der Waals surface area contributed by atoms with Crippen LogP contribution in [0.15, 0.2) is 94.5 Å². The second-order valence-electron chi connectivity index (χ2n) is 7.05. The fourth-order valence-electron chi connectivity index (χ4n) is 2.79. The molecule has 3 aromatic carbocycles. The number of allylic oxidation sites excluding steroid dienone is 1. The van der Waals surface area contributed by atoms with Crippen molar-refractivity contribution in [3.05, 3.63) is 96.1 Å². The molecule has 166 valence electrons. The number of phenolic OH excluding ortho intramolecular Hbond substituents is 1. The summed E-state index contributed by atoms with van der Waals surface area (Å²) in [5, 5.41) is 17.0. The molecule has 33 heavy (non-hydrogen) atoms. The first-order chi connectivity index (χ1) is 15.9. The van der Waals surface area contributed by atoms with Gasteiger partial charge in [0, 0.05) is 16.8 Å². The fourth-order valence-corrected chi connectivity index (χ4v) is 2.95. The number of para-hydroxylation sites is 1. The van der Waals surface area contributed by atoms with Crippen LogP contribution in [-0.4, -0.2) is 28.6 Å². The van der Waals surface area contributed by atoms with E-state index in [-0.39, 0.29) is 5.75 Å². The standard InChI is InChI=1S/C25H24N6OS/c1-17(2)22-5-3-4-6-23(22)30-25(33)31-29-15-18-7-9-19(10-8-18)24(26)28-16-27-20-11-13-21(32)14-12-20/h3-16,32H,1H2,2H3,(H2,26,27,28)(H2,30,31,33)/b29-15+. The lowest BCUT2D eigenvalue weighted by atomic mass is 10.1. The predicted molar refractivity (Wildman–Crippen MR) is 142 cm³/mol. The summed E-state index contributed by atoms with van der Waals surface area (Å²) in [7, 11) is 0. The van der Waals surface area contributed by atoms with Crippen molar-refractivity contribution in [1.29, 1.82) is 0 Å². The summed E-state index contributed by atoms with van der Waals surface area (Å²) in [6.45, 7) is 5.92. The molecule has 0 radical (unpaired) electrons. The van der Waals surface area contributed by atoms with Crippen LogP contribution < -0.4 is 16.5 Å². The van der Waals surface area contributed by atoms with Gasteiger partial charge in [-0.25, -0.2) is 9.98 Å². The third-order valence-corrected chi connectivity index (χ3v) is 4.67. The van der Waals surface area contributed by atoms with Gasteiger partial charge in [-0.2, -0.15) is 5.10 Å². The van der Waals surface area contributed by atoms with E-state index in [4.69, 9.17) is 18.0 Å². The number of hydrogen-bond donors (Lipinski definition) is 4. The molecule has 8 heteroatoms. The molecule has 7 nitrogen and oxygen atoms in total. The second kappa shape index (κ2) is 11.4. The first kappa shape index (κ1) is 23.4. The quantitative estimate of drug-likeness (QED) is 0.177. The van der Waals surface area contributed by atoms with Crippen molar-refractivity contribution in [1.82, 2.24) is 5.43 Å². The summed E-state index contributed by atoms with van der Waals surface area (Å²) in [6.07, 6.45) is 3.03. The maximum absolute atomic E-state index is 9.29. The summed E-state index contributed by atoms with van der Waals surface area (Å²) in [5.74, 6) is 0.516. The van der Waals surface area contributed by atoms with E-state index in [1.54, 1.807) is 30.5 Å². The number of aromatic hydroxyl groups is 1. The van der Waals surface area contributed by atoms with Crippen LogP contribution in [0.2, 0.25) is 0 Å². The average Bonchev–Trinajstić information content (AvgIpc) is 2.81. The molecular weight excluding hydrogens is 432 g/mol. The molecule has 5 N–H and O–H groups in total. The van der Waals surface area contributed by atoms with E-state index in [9.17, 15) is 5.11 Å². The predicted octanol–water partition coefficient (Wildman–Crippen LogP) is 4.81. The molecule has 0 aliphatic heterocycles. The zero-order chi connectivity index (χ0) is 23.6. The number of amidine groups is 1. The molecule has 0 saturated carbocycles. The van der Waals surface area contributed by atoms with Gasteiger partial charge in [-0.1, -0.05) is 49.0 Å². The molecule has 0 fully saturated rings. The number of thiocarbonyl (C=S) groups is 1. The van der Waals surface area contributed by atoms with E-state index >= 15 is 0 Å². The van der Waals surface area contributed by atoms with Crippen molar-refractivity contribution < 1.29 is 5.11 Å². The third-order valence-electron chi connectivity index (χ3n) is 4.47. The van der Waals surface area contributed by atoms with Gasteiger partial charge >= 0.3 is 0 Å². The minimum atomic E-state index is 0.182. The number of nitrogens with two attached hydrogens (primary N) is 1. The molecule has 0 atom stereocenters. The third kappa shape index (κ3) is 7.12. The highest BCUT2D eigenvalue weighted by atomic mass is 32.1. The van der Waals surface area contributed by atoms with Gasteiger partial charge in [0.25, 0.3) is 0 Å². The highest BCUT2D eigenvalue weighted by molar-refractivity contribution is 7.80. The van der Waals surface area contributed by atoms with Crippen LogP contribution in [0, 0.1) is 0 Å². The molecular formula is C25H24N6OS. The molecule has 3 aromatic rings. The second-order valence-corrected chi connectivity index (χ2v) is 7.46. The summed E-state index contributed by atoms with van der Waals surface area (Å²) < 4.78 is 0. The Morgan fingerprint density at radius 2 is 1.73 bits per heavy atom. The number of benzene rings is 3. The van der Waals surface area contributed by atoms with Crippen molar-refractivity contribution in [2.24, 2.45) is 20.8 Å². The van der Waals surface area contributed by atoms with Gasteiger partial charge in [-0.15, -0.1) is 0 Å². The van der Waals surface area contributed by atoms with E-state index in [1.165, 1.54) is 6.34 Å². The number of hydrogen-bond acceptors (Lipinski definition) is 4. The SMILES string of the molecule is C=C(C)c1ccccc1NC(=S)N/N=C/c1ccc(C(N)=NC=Nc2ccc(O)cc2)cc1. The van der Waals surface area contributed by atoms with E-state index in [0.29, 0.717) is 16.6 Å². The van der Waals surface area contributed by atoms with Crippen LogP contribution in [0.4, 0.5) is 11.4 Å². The van der Waals surface area contributed by atoms with Crippen LogP contribution in [-0.2, 0) is 0 Å². The lowest BCUT2D eigenvalue weighted by molar-refractivity contribution is 0.475. The number of aliphatic imine (C=N–C) groups is 2. The Hall–Kier alpha value is -4.30. The van der Waals surface area contributed by atoms with Gasteiger partial charge < -0.3 is 16.2 Å². The fraction of sp³-hybridized carbons (Fsp3) is 0.0400.